The van der Waals surface area contributed by atoms with Gasteiger partial charge in [-0.05, 0) is 187 Å². The Kier molecular flexibility index (Phi) is 11.4. The van der Waals surface area contributed by atoms with Crippen LogP contribution in [0.5, 0.6) is 0 Å². The minimum Gasteiger partial charge on any atom is -0.456 e. The summed E-state index contributed by atoms with van der Waals surface area (Å²) in [6, 6.07) is 120. The molecule has 0 N–H and O–H groups in total. The maximum absolute atomic E-state index is 6.70. The molecular formula is C90H54B2N4O3. The Balaban J connectivity index is 0.761. The van der Waals surface area contributed by atoms with Gasteiger partial charge < -0.3 is 32.9 Å². The number of nitrogens with zero attached hydrogens (tertiary/aromatic N) is 4. The first kappa shape index (κ1) is 54.3. The van der Waals surface area contributed by atoms with Gasteiger partial charge in [-0.25, -0.2) is 0 Å². The van der Waals surface area contributed by atoms with Crippen molar-refractivity contribution >= 4 is 180 Å². The zero-order valence-corrected chi connectivity index (χ0v) is 53.3. The maximum Gasteiger partial charge on any atom is 0.252 e. The second-order valence-corrected chi connectivity index (χ2v) is 26.6. The van der Waals surface area contributed by atoms with Crippen molar-refractivity contribution in [3.8, 4) is 33.4 Å². The Hall–Kier alpha value is -13.0. The summed E-state index contributed by atoms with van der Waals surface area (Å²) >= 11 is 0. The number of hydrogen-bond donors (Lipinski definition) is 0. The highest BCUT2D eigenvalue weighted by molar-refractivity contribution is 7.01. The summed E-state index contributed by atoms with van der Waals surface area (Å²) in [5.74, 6) is 0. The molecule has 7 heterocycles. The molecule has 22 rings (SSSR count). The van der Waals surface area contributed by atoms with Crippen molar-refractivity contribution in [2.24, 2.45) is 0 Å². The fourth-order valence-electron chi connectivity index (χ4n) is 17.2. The molecule has 0 fully saturated rings. The smallest absolute Gasteiger partial charge is 0.252 e. The lowest BCUT2D eigenvalue weighted by molar-refractivity contribution is 0.668. The average Bonchev–Trinajstić information content (AvgIpc) is 1.41. The number of para-hydroxylation sites is 7. The summed E-state index contributed by atoms with van der Waals surface area (Å²) in [6.07, 6.45) is 0. The van der Waals surface area contributed by atoms with Crippen molar-refractivity contribution in [1.29, 1.82) is 0 Å². The Bertz CT molecular complexity index is 6440. The Morgan fingerprint density at radius 2 is 0.566 bits per heavy atom. The number of hydrogen-bond acceptors (Lipinski definition) is 7. The number of rotatable bonds is 7. The molecule has 0 aliphatic carbocycles. The molecule has 0 radical (unpaired) electrons. The van der Waals surface area contributed by atoms with Crippen LogP contribution in [0.2, 0.25) is 0 Å². The lowest BCUT2D eigenvalue weighted by Gasteiger charge is -2.45. The van der Waals surface area contributed by atoms with E-state index in [1.54, 1.807) is 0 Å². The third-order valence-electron chi connectivity index (χ3n) is 21.4. The lowest BCUT2D eigenvalue weighted by atomic mass is 9.32. The molecule has 0 saturated heterocycles. The molecular weight excluding hydrogens is 1210 g/mol. The Morgan fingerprint density at radius 3 is 1.12 bits per heavy atom. The van der Waals surface area contributed by atoms with Crippen LogP contribution in [-0.4, -0.2) is 13.4 Å². The monoisotopic (exact) mass is 1260 g/mol. The summed E-state index contributed by atoms with van der Waals surface area (Å²) in [5.41, 5.74) is 32.7. The van der Waals surface area contributed by atoms with Crippen molar-refractivity contribution < 1.29 is 13.3 Å². The number of furan rings is 3. The van der Waals surface area contributed by atoms with E-state index in [1.165, 1.54) is 44.0 Å². The van der Waals surface area contributed by atoms with Gasteiger partial charge >= 0.3 is 0 Å². The molecule has 0 amide bonds. The van der Waals surface area contributed by atoms with Gasteiger partial charge in [-0.1, -0.05) is 194 Å². The third kappa shape index (κ3) is 7.92. The highest BCUT2D eigenvalue weighted by Gasteiger charge is 2.47. The standard InChI is InChI=1S/C90H54B2N4O3/c1-3-20-55(21-4-1)58-48-80-90-81(49-58)96(61-44-47-85-70(52-61)67-26-9-18-37-84(67)97-85)77-34-19-27-64(88(77)92(90)73-30-12-15-33-76(73)95(80)63-43-46-69-66-25-8-17-36-83(66)99-87(69)54-63)57-40-38-56(39-41-57)59-50-78-89-79(51-59)94(62-42-45-68-65-24-7-16-35-82(65)98-86(68)53-62)75-32-14-11-29-72(75)91(89)71-28-10-13-31-74(71)93(78)60-22-5-2-6-23-60/h1-54H. The van der Waals surface area contributed by atoms with Gasteiger partial charge in [0.2, 0.25) is 0 Å². The molecule has 9 heteroatoms. The summed E-state index contributed by atoms with van der Waals surface area (Å²) in [5, 5.41) is 6.57. The maximum atomic E-state index is 6.70. The van der Waals surface area contributed by atoms with Crippen molar-refractivity contribution in [3.63, 3.8) is 0 Å². The van der Waals surface area contributed by atoms with Crippen LogP contribution in [0.25, 0.3) is 99.2 Å². The van der Waals surface area contributed by atoms with Gasteiger partial charge in [0, 0.05) is 113 Å². The molecule has 0 bridgehead atoms. The molecule has 18 aromatic rings. The quantitative estimate of drug-likeness (QED) is 0.147. The molecule has 0 atom stereocenters. The molecule has 458 valence electrons. The van der Waals surface area contributed by atoms with E-state index in [-0.39, 0.29) is 13.4 Å². The minimum atomic E-state index is -0.177. The molecule has 0 unspecified atom stereocenters. The van der Waals surface area contributed by atoms with E-state index >= 15 is 0 Å². The summed E-state index contributed by atoms with van der Waals surface area (Å²) in [7, 11) is 0. The fourth-order valence-corrected chi connectivity index (χ4v) is 17.2. The van der Waals surface area contributed by atoms with Crippen molar-refractivity contribution in [2.45, 2.75) is 0 Å². The third-order valence-corrected chi connectivity index (χ3v) is 21.4. The normalized spacial score (nSPS) is 13.3. The first-order chi connectivity index (χ1) is 49.1. The van der Waals surface area contributed by atoms with Gasteiger partial charge in [0.15, 0.2) is 0 Å². The SMILES string of the molecule is c1ccc(-c2cc3c4c(c2)N(c2ccc5oc6ccccc6c5c2)c2cccc(-c5ccc(-c6cc7c8c(c6)N(c6ccc9c(c6)oc6ccccc69)c6ccccc6B8c6ccccc6N7c6ccccc6)cc5)c2B4c2ccccc2N3c2ccc3c(c2)oc2ccccc23)cc1. The van der Waals surface area contributed by atoms with Crippen molar-refractivity contribution in [3.05, 3.63) is 328 Å². The number of benzene rings is 15. The lowest BCUT2D eigenvalue weighted by Crippen LogP contribution is -2.61. The summed E-state index contributed by atoms with van der Waals surface area (Å²) < 4.78 is 19.9. The van der Waals surface area contributed by atoms with Gasteiger partial charge in [0.1, 0.15) is 33.5 Å². The van der Waals surface area contributed by atoms with E-state index in [0.717, 1.165) is 156 Å². The van der Waals surface area contributed by atoms with Gasteiger partial charge in [-0.15, -0.1) is 0 Å². The van der Waals surface area contributed by atoms with Crippen LogP contribution in [0.4, 0.5) is 68.2 Å². The van der Waals surface area contributed by atoms with Crippen molar-refractivity contribution in [2.75, 3.05) is 19.6 Å². The van der Waals surface area contributed by atoms with Gasteiger partial charge in [0.25, 0.3) is 13.4 Å². The van der Waals surface area contributed by atoms with Crippen LogP contribution in [-0.2, 0) is 0 Å². The second-order valence-electron chi connectivity index (χ2n) is 26.6. The Morgan fingerprint density at radius 1 is 0.192 bits per heavy atom. The molecule has 15 aromatic carbocycles. The molecule has 4 aliphatic heterocycles. The largest absolute Gasteiger partial charge is 0.456 e. The van der Waals surface area contributed by atoms with E-state index in [4.69, 9.17) is 13.3 Å². The van der Waals surface area contributed by atoms with E-state index < -0.39 is 0 Å². The van der Waals surface area contributed by atoms with Crippen LogP contribution in [0, 0.1) is 0 Å². The van der Waals surface area contributed by atoms with Crippen LogP contribution in [0.3, 0.4) is 0 Å². The van der Waals surface area contributed by atoms with Gasteiger partial charge in [0.05, 0.1) is 0 Å². The first-order valence-corrected chi connectivity index (χ1v) is 34.0. The van der Waals surface area contributed by atoms with Crippen LogP contribution in [0.15, 0.2) is 341 Å². The molecule has 4 aliphatic rings. The molecule has 99 heavy (non-hydrogen) atoms. The average molecular weight is 1260 g/mol. The summed E-state index contributed by atoms with van der Waals surface area (Å²) in [4.78, 5) is 9.99. The number of anilines is 12. The summed E-state index contributed by atoms with van der Waals surface area (Å²) in [6.45, 7) is -0.202. The Labute approximate surface area is 570 Å². The highest BCUT2D eigenvalue weighted by Crippen LogP contribution is 2.51. The van der Waals surface area contributed by atoms with Gasteiger partial charge in [-0.2, -0.15) is 0 Å². The second kappa shape index (κ2) is 20.8. The predicted octanol–water partition coefficient (Wildman–Crippen LogP) is 20.6. The first-order valence-electron chi connectivity index (χ1n) is 34.0. The predicted molar refractivity (Wildman–Crippen MR) is 413 cm³/mol. The van der Waals surface area contributed by atoms with Crippen LogP contribution in [0.1, 0.15) is 0 Å². The topological polar surface area (TPSA) is 52.4 Å². The molecule has 0 spiro atoms. The van der Waals surface area contributed by atoms with E-state index in [0.29, 0.717) is 0 Å². The minimum absolute atomic E-state index is 0.0254. The van der Waals surface area contributed by atoms with E-state index in [1.807, 2.05) is 18.2 Å². The molecule has 3 aromatic heterocycles. The zero-order chi connectivity index (χ0) is 64.6. The molecule has 7 nitrogen and oxygen atoms in total. The van der Waals surface area contributed by atoms with Gasteiger partial charge in [-0.3, -0.25) is 0 Å². The highest BCUT2D eigenvalue weighted by atomic mass is 16.3. The van der Waals surface area contributed by atoms with Crippen LogP contribution < -0.4 is 52.4 Å². The van der Waals surface area contributed by atoms with Crippen LogP contribution >= 0.6 is 0 Å². The zero-order valence-electron chi connectivity index (χ0n) is 53.3. The van der Waals surface area contributed by atoms with Crippen molar-refractivity contribution in [1.82, 2.24) is 0 Å². The van der Waals surface area contributed by atoms with E-state index in [2.05, 4.69) is 329 Å². The fraction of sp³-hybridized carbons (Fsp3) is 0. The number of fused-ring (bicyclic) bond motifs is 17. The van der Waals surface area contributed by atoms with E-state index in [9.17, 15) is 0 Å². The molecule has 0 saturated carbocycles.